The van der Waals surface area contributed by atoms with Crippen LogP contribution >= 0.6 is 11.3 Å². The van der Waals surface area contributed by atoms with Crippen molar-refractivity contribution in [2.45, 2.75) is 74.5 Å². The summed E-state index contributed by atoms with van der Waals surface area (Å²) >= 11 is 1.28. The van der Waals surface area contributed by atoms with Gasteiger partial charge in [0.15, 0.2) is 12.2 Å². The maximum Gasteiger partial charge on any atom is 0.326 e. The van der Waals surface area contributed by atoms with Gasteiger partial charge in [-0.3, -0.25) is 28.8 Å². The summed E-state index contributed by atoms with van der Waals surface area (Å²) in [5.74, 6) is -7.01. The molecule has 0 saturated heterocycles. The molecule has 2 aliphatic heterocycles. The molecule has 0 spiro atoms. The SMILES string of the molecule is O=C(O)[C@H](Cc1ccccc1)NC(=O)[C@@H]1Cc2ccc(cc2)NC(=O)[C@H](O)[C@@H](O)C(=O)N[C@H](Cc2cccs2)C(=O)N[C@@H](Cc2ccc(-c3ccccc3)cc2)C(=O)N[C@H](Cc2ccccc2)C(=O)N1. The topological polar surface area (TPSA) is 252 Å². The number of hydrogen-bond donors (Lipinski definition) is 9. The number of anilines is 1. The number of rotatable bonds is 12. The second kappa shape index (κ2) is 23.8. The van der Waals surface area contributed by atoms with Gasteiger partial charge >= 0.3 is 5.97 Å². The number of aliphatic hydroxyl groups is 2. The van der Waals surface area contributed by atoms with Crippen LogP contribution in [0, 0.1) is 0 Å². The number of thiophene rings is 1. The van der Waals surface area contributed by atoms with Crippen LogP contribution in [0.25, 0.3) is 11.1 Å². The highest BCUT2D eigenvalue weighted by Gasteiger charge is 2.36. The second-order valence-corrected chi connectivity index (χ2v) is 17.9. The Balaban J connectivity index is 1.26. The molecule has 2 bridgehead atoms. The first-order valence-corrected chi connectivity index (χ1v) is 23.4. The fourth-order valence-electron chi connectivity index (χ4n) is 7.88. The Hall–Kier alpha value is -7.99. The number of carbonyl (C=O) groups excluding carboxylic acids is 6. The van der Waals surface area contributed by atoms with Crippen LogP contribution < -0.4 is 31.9 Å². The number of carboxylic acids is 1. The smallest absolute Gasteiger partial charge is 0.326 e. The first-order valence-electron chi connectivity index (χ1n) is 22.5. The Bertz CT molecular complexity index is 2740. The van der Waals surface area contributed by atoms with Crippen LogP contribution in [0.2, 0.25) is 0 Å². The van der Waals surface area contributed by atoms with Crippen molar-refractivity contribution in [3.05, 3.63) is 184 Å². The normalized spacial score (nSPS) is 20.9. The van der Waals surface area contributed by atoms with E-state index in [1.807, 2.05) is 42.5 Å². The lowest BCUT2D eigenvalue weighted by molar-refractivity contribution is -0.144. The molecule has 17 heteroatoms. The highest BCUT2D eigenvalue weighted by molar-refractivity contribution is 7.09. The number of fused-ring (bicyclic) bond motifs is 18. The minimum absolute atomic E-state index is 0.0679. The summed E-state index contributed by atoms with van der Waals surface area (Å²) in [5, 5.41) is 49.6. The lowest BCUT2D eigenvalue weighted by atomic mass is 9.98. The summed E-state index contributed by atoms with van der Waals surface area (Å²) in [6, 6.07) is 36.7. The standard InChI is InChI=1S/C53H52N6O10S/c60-45-46(61)52(67)58-43(31-39-17-10-26-70-39)50(65)57-41(28-34-18-22-37(23-19-34)36-15-8-3-9-16-36)48(63)55-40(27-32-11-4-1-5-12-32)47(62)56-42(29-35-20-24-38(25-21-35)54-51(45)66)49(64)59-44(53(68)69)30-33-13-6-2-7-14-33/h1-26,40-46,60-61H,27-31H2,(H,54,66)(H,55,63)(H,56,62)(H,57,65)(H,58,67)(H,59,64)(H,68,69)/t40-,41+,42+,43-,44+,45-,46-/m1/s1. The lowest BCUT2D eigenvalue weighted by Crippen LogP contribution is -2.60. The lowest BCUT2D eigenvalue weighted by Gasteiger charge is -2.27. The number of aliphatic hydroxyl groups excluding tert-OH is 2. The summed E-state index contributed by atoms with van der Waals surface area (Å²) in [6.07, 6.45) is -5.17. The third-order valence-corrected chi connectivity index (χ3v) is 12.6. The highest BCUT2D eigenvalue weighted by atomic mass is 32.1. The van der Waals surface area contributed by atoms with Gasteiger partial charge in [0, 0.05) is 42.7 Å². The van der Waals surface area contributed by atoms with Crippen molar-refractivity contribution >= 4 is 58.4 Å². The van der Waals surface area contributed by atoms with Crippen LogP contribution in [0.3, 0.4) is 0 Å². The summed E-state index contributed by atoms with van der Waals surface area (Å²) in [4.78, 5) is 98.0. The van der Waals surface area contributed by atoms with E-state index in [0.717, 1.165) is 11.1 Å². The molecule has 9 N–H and O–H groups in total. The van der Waals surface area contributed by atoms with Crippen molar-refractivity contribution in [3.8, 4) is 11.1 Å². The molecule has 0 aliphatic carbocycles. The van der Waals surface area contributed by atoms with E-state index < -0.39 is 83.8 Å². The van der Waals surface area contributed by atoms with E-state index in [1.165, 1.54) is 35.6 Å². The Labute approximate surface area is 407 Å². The molecule has 0 radical (unpaired) electrons. The molecule has 70 heavy (non-hydrogen) atoms. The molecule has 2 aliphatic rings. The zero-order valence-electron chi connectivity index (χ0n) is 37.7. The predicted molar refractivity (Wildman–Crippen MR) is 262 cm³/mol. The fraction of sp³-hybridized carbons (Fsp3) is 0.226. The van der Waals surface area contributed by atoms with E-state index in [-0.39, 0.29) is 37.8 Å². The first-order chi connectivity index (χ1) is 33.8. The minimum atomic E-state index is -2.33. The van der Waals surface area contributed by atoms with Crippen LogP contribution in [0.15, 0.2) is 157 Å². The number of benzene rings is 5. The van der Waals surface area contributed by atoms with E-state index in [1.54, 1.807) is 90.3 Å². The summed E-state index contributed by atoms with van der Waals surface area (Å²) in [6.45, 7) is 0. The number of amides is 6. The molecule has 7 atom stereocenters. The molecule has 0 saturated carbocycles. The fourth-order valence-corrected chi connectivity index (χ4v) is 8.63. The third kappa shape index (κ3) is 13.8. The van der Waals surface area contributed by atoms with Crippen LogP contribution in [0.4, 0.5) is 5.69 Å². The Morgan fingerprint density at radius 3 is 1.61 bits per heavy atom. The van der Waals surface area contributed by atoms with Gasteiger partial charge < -0.3 is 47.2 Å². The van der Waals surface area contributed by atoms with Gasteiger partial charge in [0.1, 0.15) is 30.2 Å². The van der Waals surface area contributed by atoms with Crippen molar-refractivity contribution in [2.75, 3.05) is 5.32 Å². The molecule has 6 amide bonds. The quantitative estimate of drug-likeness (QED) is 0.0811. The van der Waals surface area contributed by atoms with E-state index >= 15 is 0 Å². The highest BCUT2D eigenvalue weighted by Crippen LogP contribution is 2.21. The zero-order chi connectivity index (χ0) is 49.6. The summed E-state index contributed by atoms with van der Waals surface area (Å²) in [7, 11) is 0. The number of hydrogen-bond acceptors (Lipinski definition) is 10. The minimum Gasteiger partial charge on any atom is -0.480 e. The molecule has 16 nitrogen and oxygen atoms in total. The van der Waals surface area contributed by atoms with Gasteiger partial charge in [0.2, 0.25) is 23.6 Å². The average Bonchev–Trinajstić information content (AvgIpc) is 3.89. The van der Waals surface area contributed by atoms with Gasteiger partial charge in [0.05, 0.1) is 0 Å². The Morgan fingerprint density at radius 1 is 0.543 bits per heavy atom. The number of carboxylic acid groups (broad SMARTS) is 1. The molecule has 1 aromatic heterocycles. The monoisotopic (exact) mass is 964 g/mol. The van der Waals surface area contributed by atoms with Crippen LogP contribution in [0.1, 0.15) is 27.1 Å². The van der Waals surface area contributed by atoms with E-state index in [0.29, 0.717) is 27.1 Å². The van der Waals surface area contributed by atoms with Gasteiger partial charge in [0.25, 0.3) is 11.8 Å². The molecular weight excluding hydrogens is 913 g/mol. The van der Waals surface area contributed by atoms with Crippen LogP contribution in [0.5, 0.6) is 0 Å². The summed E-state index contributed by atoms with van der Waals surface area (Å²) < 4.78 is 0. The molecule has 0 unspecified atom stereocenters. The van der Waals surface area contributed by atoms with Gasteiger partial charge in [-0.1, -0.05) is 133 Å². The van der Waals surface area contributed by atoms with E-state index in [9.17, 15) is 48.9 Å². The molecule has 360 valence electrons. The average molecular weight is 965 g/mol. The van der Waals surface area contributed by atoms with Gasteiger partial charge in [-0.2, -0.15) is 0 Å². The molecule has 0 fully saturated rings. The number of nitrogens with one attached hydrogen (secondary N) is 6. The number of carbonyl (C=O) groups is 7. The molecule has 8 rings (SSSR count). The third-order valence-electron chi connectivity index (χ3n) is 11.7. The van der Waals surface area contributed by atoms with Crippen molar-refractivity contribution in [1.29, 1.82) is 0 Å². The van der Waals surface area contributed by atoms with Gasteiger partial charge in [-0.25, -0.2) is 4.79 Å². The van der Waals surface area contributed by atoms with Crippen LogP contribution in [-0.2, 0) is 65.7 Å². The number of aliphatic carboxylic acids is 1. The van der Waals surface area contributed by atoms with Crippen LogP contribution in [-0.4, -0.2) is 99.1 Å². The zero-order valence-corrected chi connectivity index (χ0v) is 38.5. The van der Waals surface area contributed by atoms with Crippen molar-refractivity contribution in [2.24, 2.45) is 0 Å². The van der Waals surface area contributed by atoms with Crippen molar-refractivity contribution < 1.29 is 48.9 Å². The van der Waals surface area contributed by atoms with E-state index in [4.69, 9.17) is 0 Å². The maximum absolute atomic E-state index is 14.8. The maximum atomic E-state index is 14.8. The molecule has 5 aromatic carbocycles. The van der Waals surface area contributed by atoms with Gasteiger partial charge in [-0.15, -0.1) is 11.3 Å². The van der Waals surface area contributed by atoms with Crippen molar-refractivity contribution in [3.63, 3.8) is 0 Å². The Kier molecular flexibility index (Phi) is 17.0. The molecular formula is C53H52N6O10S. The molecule has 3 heterocycles. The largest absolute Gasteiger partial charge is 0.480 e. The van der Waals surface area contributed by atoms with E-state index in [2.05, 4.69) is 31.9 Å². The molecule has 6 aromatic rings. The summed E-state index contributed by atoms with van der Waals surface area (Å²) in [5.41, 5.74) is 4.30. The van der Waals surface area contributed by atoms with Gasteiger partial charge in [-0.05, 0) is 57.0 Å². The second-order valence-electron chi connectivity index (χ2n) is 16.9. The predicted octanol–water partition coefficient (Wildman–Crippen LogP) is 3.11. The first kappa shape index (κ1) is 49.9. The van der Waals surface area contributed by atoms with Crippen molar-refractivity contribution in [1.82, 2.24) is 26.6 Å². The Morgan fingerprint density at radius 2 is 1.04 bits per heavy atom.